The minimum atomic E-state index is -0.171. The lowest BCUT2D eigenvalue weighted by Crippen LogP contribution is -2.38. The van der Waals surface area contributed by atoms with Crippen molar-refractivity contribution in [3.63, 3.8) is 0 Å². The summed E-state index contributed by atoms with van der Waals surface area (Å²) in [5, 5.41) is 2.99. The number of hydrazine groups is 1. The van der Waals surface area contributed by atoms with Crippen molar-refractivity contribution in [1.29, 1.82) is 0 Å². The second-order valence-corrected chi connectivity index (χ2v) is 9.06. The number of carbonyl (C=O) groups excluding carboxylic acids is 1. The van der Waals surface area contributed by atoms with E-state index in [1.807, 2.05) is 89.9 Å². The standard InChI is InChI=1S/C31H26N4O/c1-22-12-13-24-21-25-18-19-34(30(25)32-29(24)20-22)26-16-14-23(15-17-26)31(36)33-35(27-8-4-2-5-9-27)28-10-6-3-7-11-28/h2-17,20-21H,18-19H2,1H3,(H,33,36). The number of hydrogen-bond donors (Lipinski definition) is 1. The summed E-state index contributed by atoms with van der Waals surface area (Å²) in [6, 6.07) is 36.0. The Morgan fingerprint density at radius 2 is 1.50 bits per heavy atom. The van der Waals surface area contributed by atoms with Crippen LogP contribution in [-0.2, 0) is 6.42 Å². The molecule has 0 fully saturated rings. The molecule has 6 rings (SSSR count). The molecule has 0 radical (unpaired) electrons. The van der Waals surface area contributed by atoms with Crippen molar-refractivity contribution in [2.45, 2.75) is 13.3 Å². The predicted molar refractivity (Wildman–Crippen MR) is 146 cm³/mol. The molecule has 1 aliphatic heterocycles. The van der Waals surface area contributed by atoms with E-state index >= 15 is 0 Å². The van der Waals surface area contributed by atoms with Gasteiger partial charge in [0.1, 0.15) is 5.82 Å². The number of amides is 1. The van der Waals surface area contributed by atoms with Gasteiger partial charge >= 0.3 is 0 Å². The van der Waals surface area contributed by atoms with Gasteiger partial charge in [0.2, 0.25) is 0 Å². The first kappa shape index (κ1) is 21.9. The molecule has 0 saturated carbocycles. The first-order valence-corrected chi connectivity index (χ1v) is 12.1. The molecule has 0 bridgehead atoms. The zero-order valence-electron chi connectivity index (χ0n) is 20.1. The van der Waals surface area contributed by atoms with Crippen molar-refractivity contribution in [2.24, 2.45) is 0 Å². The van der Waals surface area contributed by atoms with Crippen molar-refractivity contribution in [1.82, 2.24) is 10.4 Å². The Labute approximate surface area is 210 Å². The number of aromatic nitrogens is 1. The van der Waals surface area contributed by atoms with Gasteiger partial charge in [-0.2, -0.15) is 0 Å². The predicted octanol–water partition coefficient (Wildman–Crippen LogP) is 6.72. The number of anilines is 4. The fourth-order valence-corrected chi connectivity index (χ4v) is 4.71. The van der Waals surface area contributed by atoms with Crippen LogP contribution < -0.4 is 15.3 Å². The van der Waals surface area contributed by atoms with Crippen LogP contribution >= 0.6 is 0 Å². The first-order valence-electron chi connectivity index (χ1n) is 12.1. The van der Waals surface area contributed by atoms with Gasteiger partial charge in [-0.3, -0.25) is 15.2 Å². The Hall–Kier alpha value is -4.64. The number of aryl methyl sites for hydroxylation is 1. The van der Waals surface area contributed by atoms with Crippen LogP contribution in [0.3, 0.4) is 0 Å². The molecule has 176 valence electrons. The normalized spacial score (nSPS) is 12.4. The summed E-state index contributed by atoms with van der Waals surface area (Å²) in [5.74, 6) is 0.834. The third-order valence-corrected chi connectivity index (χ3v) is 6.57. The third-order valence-electron chi connectivity index (χ3n) is 6.57. The molecule has 0 unspecified atom stereocenters. The van der Waals surface area contributed by atoms with Crippen LogP contribution in [0, 0.1) is 6.92 Å². The summed E-state index contributed by atoms with van der Waals surface area (Å²) < 4.78 is 0. The molecule has 2 heterocycles. The highest BCUT2D eigenvalue weighted by molar-refractivity contribution is 5.96. The average molecular weight is 471 g/mol. The van der Waals surface area contributed by atoms with E-state index in [1.165, 1.54) is 16.5 Å². The van der Waals surface area contributed by atoms with Crippen LogP contribution in [0.1, 0.15) is 21.5 Å². The van der Waals surface area contributed by atoms with Gasteiger partial charge in [0.25, 0.3) is 5.91 Å². The maximum atomic E-state index is 13.2. The van der Waals surface area contributed by atoms with E-state index < -0.39 is 0 Å². The highest BCUT2D eigenvalue weighted by atomic mass is 16.2. The van der Waals surface area contributed by atoms with Crippen LogP contribution in [0.4, 0.5) is 22.9 Å². The van der Waals surface area contributed by atoms with Gasteiger partial charge in [0, 0.05) is 23.2 Å². The maximum Gasteiger partial charge on any atom is 0.270 e. The topological polar surface area (TPSA) is 48.5 Å². The molecule has 5 heteroatoms. The highest BCUT2D eigenvalue weighted by Crippen LogP contribution is 2.35. The summed E-state index contributed by atoms with van der Waals surface area (Å²) in [6.07, 6.45) is 0.956. The molecule has 5 nitrogen and oxygen atoms in total. The second-order valence-electron chi connectivity index (χ2n) is 9.06. The molecule has 0 spiro atoms. The minimum Gasteiger partial charge on any atom is -0.326 e. The van der Waals surface area contributed by atoms with E-state index in [1.54, 1.807) is 0 Å². The van der Waals surface area contributed by atoms with Crippen LogP contribution in [0.5, 0.6) is 0 Å². The van der Waals surface area contributed by atoms with Crippen molar-refractivity contribution >= 4 is 39.7 Å². The van der Waals surface area contributed by atoms with Crippen molar-refractivity contribution < 1.29 is 4.79 Å². The van der Waals surface area contributed by atoms with Crippen LogP contribution in [0.15, 0.2) is 109 Å². The molecular weight excluding hydrogens is 444 g/mol. The van der Waals surface area contributed by atoms with Crippen molar-refractivity contribution in [3.8, 4) is 0 Å². The number of hydrogen-bond acceptors (Lipinski definition) is 4. The number of nitrogens with zero attached hydrogens (tertiary/aromatic N) is 3. The largest absolute Gasteiger partial charge is 0.326 e. The zero-order valence-corrected chi connectivity index (χ0v) is 20.1. The molecule has 0 saturated heterocycles. The fourth-order valence-electron chi connectivity index (χ4n) is 4.71. The average Bonchev–Trinajstić information content (AvgIpc) is 3.34. The summed E-state index contributed by atoms with van der Waals surface area (Å²) in [6.45, 7) is 2.96. The molecule has 36 heavy (non-hydrogen) atoms. The first-order chi connectivity index (χ1) is 17.7. The molecule has 1 aromatic heterocycles. The van der Waals surface area contributed by atoms with Crippen LogP contribution in [0.25, 0.3) is 10.9 Å². The van der Waals surface area contributed by atoms with E-state index in [2.05, 4.69) is 41.5 Å². The number of rotatable bonds is 5. The number of nitrogens with one attached hydrogen (secondary N) is 1. The number of pyridine rings is 1. The Morgan fingerprint density at radius 1 is 0.833 bits per heavy atom. The lowest BCUT2D eigenvalue weighted by Gasteiger charge is -2.25. The molecule has 1 N–H and O–H groups in total. The lowest BCUT2D eigenvalue weighted by atomic mass is 10.1. The molecule has 1 aliphatic rings. The molecule has 5 aromatic rings. The molecule has 0 aliphatic carbocycles. The fraction of sp³-hybridized carbons (Fsp3) is 0.0968. The van der Waals surface area contributed by atoms with E-state index in [9.17, 15) is 4.79 Å². The van der Waals surface area contributed by atoms with Gasteiger partial charge in [-0.15, -0.1) is 0 Å². The Balaban J connectivity index is 1.25. The SMILES string of the molecule is Cc1ccc2cc3c(nc2c1)N(c1ccc(C(=O)NN(c2ccccc2)c2ccccc2)cc1)CC3. The molecule has 1 amide bonds. The third kappa shape index (κ3) is 4.16. The van der Waals surface area contributed by atoms with E-state index in [0.717, 1.165) is 41.4 Å². The highest BCUT2D eigenvalue weighted by Gasteiger charge is 2.23. The summed E-state index contributed by atoms with van der Waals surface area (Å²) in [7, 11) is 0. The number of para-hydroxylation sites is 2. The number of fused-ring (bicyclic) bond motifs is 2. The Bertz CT molecular complexity index is 1490. The minimum absolute atomic E-state index is 0.171. The zero-order chi connectivity index (χ0) is 24.5. The Kier molecular flexibility index (Phi) is 5.58. The van der Waals surface area contributed by atoms with Gasteiger partial charge < -0.3 is 4.90 Å². The summed E-state index contributed by atoms with van der Waals surface area (Å²) >= 11 is 0. The number of benzene rings is 4. The van der Waals surface area contributed by atoms with Gasteiger partial charge in [-0.1, -0.05) is 48.5 Å². The lowest BCUT2D eigenvalue weighted by molar-refractivity contribution is 0.0953. The van der Waals surface area contributed by atoms with Crippen LogP contribution in [-0.4, -0.2) is 17.4 Å². The smallest absolute Gasteiger partial charge is 0.270 e. The number of carbonyl (C=O) groups is 1. The quantitative estimate of drug-likeness (QED) is 0.290. The molecule has 4 aromatic carbocycles. The Morgan fingerprint density at radius 3 is 2.17 bits per heavy atom. The van der Waals surface area contributed by atoms with Gasteiger partial charge in [0.15, 0.2) is 0 Å². The van der Waals surface area contributed by atoms with Gasteiger partial charge in [-0.05, 0) is 85.1 Å². The van der Waals surface area contributed by atoms with Crippen LogP contribution in [0.2, 0.25) is 0 Å². The van der Waals surface area contributed by atoms with E-state index in [-0.39, 0.29) is 5.91 Å². The van der Waals surface area contributed by atoms with Crippen molar-refractivity contribution in [3.05, 3.63) is 126 Å². The second kappa shape index (κ2) is 9.19. The molecule has 0 atom stereocenters. The van der Waals surface area contributed by atoms with Crippen molar-refractivity contribution in [2.75, 3.05) is 16.5 Å². The van der Waals surface area contributed by atoms with E-state index in [0.29, 0.717) is 5.56 Å². The monoisotopic (exact) mass is 470 g/mol. The van der Waals surface area contributed by atoms with Gasteiger partial charge in [-0.25, -0.2) is 4.98 Å². The van der Waals surface area contributed by atoms with Gasteiger partial charge in [0.05, 0.1) is 16.9 Å². The molecular formula is C31H26N4O. The van der Waals surface area contributed by atoms with E-state index in [4.69, 9.17) is 4.98 Å². The summed E-state index contributed by atoms with van der Waals surface area (Å²) in [4.78, 5) is 20.4. The summed E-state index contributed by atoms with van der Waals surface area (Å²) in [5.41, 5.74) is 9.94. The maximum absolute atomic E-state index is 13.2.